The summed E-state index contributed by atoms with van der Waals surface area (Å²) < 4.78 is 0. The number of fused-ring (bicyclic) bond motifs is 1. The van der Waals surface area contributed by atoms with Crippen molar-refractivity contribution in [2.24, 2.45) is 0 Å². The molecule has 4 nitrogen and oxygen atoms in total. The number of hydrogen-bond acceptors (Lipinski definition) is 3. The van der Waals surface area contributed by atoms with Gasteiger partial charge in [0.25, 0.3) is 0 Å². The Morgan fingerprint density at radius 2 is 2.29 bits per heavy atom. The minimum absolute atomic E-state index is 0.0401. The summed E-state index contributed by atoms with van der Waals surface area (Å²) in [5.41, 5.74) is 2.45. The Morgan fingerprint density at radius 3 is 3.18 bits per heavy atom. The van der Waals surface area contributed by atoms with Crippen molar-refractivity contribution in [2.75, 3.05) is 6.54 Å². The van der Waals surface area contributed by atoms with Crippen LogP contribution in [0.15, 0.2) is 18.3 Å². The lowest BCUT2D eigenvalue weighted by atomic mass is 10.0. The van der Waals surface area contributed by atoms with Gasteiger partial charge in [0, 0.05) is 12.7 Å². The number of nitrogens with one attached hydrogen (secondary N) is 2. The number of nitrogens with zero attached hydrogens (tertiary/aromatic N) is 1. The highest BCUT2D eigenvalue weighted by Crippen LogP contribution is 2.29. The van der Waals surface area contributed by atoms with Crippen LogP contribution in [0.2, 0.25) is 0 Å². The van der Waals surface area contributed by atoms with E-state index in [1.54, 1.807) is 0 Å². The maximum atomic E-state index is 11.7. The number of carbonyl (C=O) groups is 1. The zero-order valence-corrected chi connectivity index (χ0v) is 9.78. The van der Waals surface area contributed by atoms with E-state index in [0.717, 1.165) is 37.9 Å². The topological polar surface area (TPSA) is 54.0 Å². The third-order valence-corrected chi connectivity index (χ3v) is 3.65. The fourth-order valence-electron chi connectivity index (χ4n) is 2.75. The summed E-state index contributed by atoms with van der Waals surface area (Å²) in [7, 11) is 0. The number of aryl methyl sites for hydroxylation is 1. The molecule has 90 valence electrons. The highest BCUT2D eigenvalue weighted by Gasteiger charge is 2.29. The minimum Gasteiger partial charge on any atom is -0.355 e. The SMILES string of the molecule is O=C1NCCCC1NC1CCc2cccnc21. The van der Waals surface area contributed by atoms with Gasteiger partial charge in [-0.05, 0) is 37.3 Å². The summed E-state index contributed by atoms with van der Waals surface area (Å²) in [5, 5.41) is 6.36. The molecule has 0 bridgehead atoms. The van der Waals surface area contributed by atoms with Gasteiger partial charge in [-0.15, -0.1) is 0 Å². The van der Waals surface area contributed by atoms with Crippen molar-refractivity contribution in [1.29, 1.82) is 0 Å². The van der Waals surface area contributed by atoms with Gasteiger partial charge in [0.2, 0.25) is 5.91 Å². The maximum absolute atomic E-state index is 11.7. The molecule has 1 aliphatic carbocycles. The van der Waals surface area contributed by atoms with E-state index in [2.05, 4.69) is 21.7 Å². The molecule has 0 saturated carbocycles. The van der Waals surface area contributed by atoms with E-state index in [9.17, 15) is 4.79 Å². The first-order valence-electron chi connectivity index (χ1n) is 6.32. The third-order valence-electron chi connectivity index (χ3n) is 3.65. The summed E-state index contributed by atoms with van der Waals surface area (Å²) in [6.07, 6.45) is 5.95. The van der Waals surface area contributed by atoms with Gasteiger partial charge in [0.1, 0.15) is 0 Å². The van der Waals surface area contributed by atoms with Crippen LogP contribution < -0.4 is 10.6 Å². The number of rotatable bonds is 2. The Morgan fingerprint density at radius 1 is 1.35 bits per heavy atom. The van der Waals surface area contributed by atoms with Gasteiger partial charge in [-0.3, -0.25) is 15.1 Å². The van der Waals surface area contributed by atoms with Crippen LogP contribution in [0.25, 0.3) is 0 Å². The zero-order valence-electron chi connectivity index (χ0n) is 9.78. The Balaban J connectivity index is 1.72. The third kappa shape index (κ3) is 2.05. The predicted octanol–water partition coefficient (Wildman–Crippen LogP) is 0.937. The summed E-state index contributed by atoms with van der Waals surface area (Å²) in [6.45, 7) is 0.816. The van der Waals surface area contributed by atoms with E-state index in [-0.39, 0.29) is 18.0 Å². The number of pyridine rings is 1. The van der Waals surface area contributed by atoms with E-state index in [1.807, 2.05) is 12.3 Å². The van der Waals surface area contributed by atoms with Gasteiger partial charge in [-0.1, -0.05) is 6.07 Å². The maximum Gasteiger partial charge on any atom is 0.237 e. The fourth-order valence-corrected chi connectivity index (χ4v) is 2.75. The number of carbonyl (C=O) groups excluding carboxylic acids is 1. The molecule has 0 aromatic carbocycles. The molecule has 0 spiro atoms. The molecule has 4 heteroatoms. The van der Waals surface area contributed by atoms with Crippen molar-refractivity contribution in [3.05, 3.63) is 29.6 Å². The first-order chi connectivity index (χ1) is 8.34. The Labute approximate surface area is 101 Å². The minimum atomic E-state index is -0.0401. The van der Waals surface area contributed by atoms with Crippen molar-refractivity contribution >= 4 is 5.91 Å². The Kier molecular flexibility index (Phi) is 2.81. The molecule has 1 amide bonds. The van der Waals surface area contributed by atoms with Crippen molar-refractivity contribution in [2.45, 2.75) is 37.8 Å². The molecule has 0 radical (unpaired) electrons. The summed E-state index contributed by atoms with van der Waals surface area (Å²) >= 11 is 0. The van der Waals surface area contributed by atoms with Crippen LogP contribution in [0.4, 0.5) is 0 Å². The van der Waals surface area contributed by atoms with Gasteiger partial charge >= 0.3 is 0 Å². The molecular formula is C13H17N3O. The Bertz CT molecular complexity index is 432. The van der Waals surface area contributed by atoms with Crippen molar-refractivity contribution in [3.8, 4) is 0 Å². The van der Waals surface area contributed by atoms with Crippen molar-refractivity contribution in [1.82, 2.24) is 15.6 Å². The quantitative estimate of drug-likeness (QED) is 0.796. The van der Waals surface area contributed by atoms with Crippen molar-refractivity contribution in [3.63, 3.8) is 0 Å². The number of aromatic nitrogens is 1. The first-order valence-corrected chi connectivity index (χ1v) is 6.32. The number of piperidine rings is 1. The number of hydrogen-bond donors (Lipinski definition) is 2. The molecule has 1 aliphatic heterocycles. The zero-order chi connectivity index (χ0) is 11.7. The highest BCUT2D eigenvalue weighted by molar-refractivity contribution is 5.82. The molecule has 2 aliphatic rings. The molecule has 2 N–H and O–H groups in total. The van der Waals surface area contributed by atoms with Crippen LogP contribution in [-0.4, -0.2) is 23.5 Å². The number of amides is 1. The highest BCUT2D eigenvalue weighted by atomic mass is 16.2. The first kappa shape index (κ1) is 10.7. The summed E-state index contributed by atoms with van der Waals surface area (Å²) in [5.74, 6) is 0.139. The fraction of sp³-hybridized carbons (Fsp3) is 0.538. The van der Waals surface area contributed by atoms with E-state index in [0.29, 0.717) is 0 Å². The van der Waals surface area contributed by atoms with Crippen molar-refractivity contribution < 1.29 is 4.79 Å². The summed E-state index contributed by atoms with van der Waals surface area (Å²) in [6, 6.07) is 4.32. The Hall–Kier alpha value is -1.42. The van der Waals surface area contributed by atoms with Crippen LogP contribution in [0.1, 0.15) is 36.6 Å². The molecule has 2 heterocycles. The van der Waals surface area contributed by atoms with E-state index in [4.69, 9.17) is 0 Å². The van der Waals surface area contributed by atoms with E-state index < -0.39 is 0 Å². The van der Waals surface area contributed by atoms with Crippen LogP contribution in [0, 0.1) is 0 Å². The normalized spacial score (nSPS) is 27.6. The standard InChI is InChI=1S/C13H17N3O/c17-13-11(4-2-8-15-13)16-10-6-5-9-3-1-7-14-12(9)10/h1,3,7,10-11,16H,2,4-6,8H2,(H,15,17). The average Bonchev–Trinajstić information content (AvgIpc) is 2.76. The average molecular weight is 231 g/mol. The van der Waals surface area contributed by atoms with Crippen LogP contribution >= 0.6 is 0 Å². The van der Waals surface area contributed by atoms with E-state index in [1.165, 1.54) is 5.56 Å². The molecule has 17 heavy (non-hydrogen) atoms. The van der Waals surface area contributed by atoms with E-state index >= 15 is 0 Å². The van der Waals surface area contributed by atoms with Gasteiger partial charge in [-0.2, -0.15) is 0 Å². The lowest BCUT2D eigenvalue weighted by molar-refractivity contribution is -0.124. The van der Waals surface area contributed by atoms with Gasteiger partial charge in [0.05, 0.1) is 17.8 Å². The summed E-state index contributed by atoms with van der Waals surface area (Å²) in [4.78, 5) is 16.1. The smallest absolute Gasteiger partial charge is 0.237 e. The predicted molar refractivity (Wildman–Crippen MR) is 64.5 cm³/mol. The van der Waals surface area contributed by atoms with Crippen LogP contribution in [-0.2, 0) is 11.2 Å². The second-order valence-electron chi connectivity index (χ2n) is 4.79. The molecular weight excluding hydrogens is 214 g/mol. The van der Waals surface area contributed by atoms with Gasteiger partial charge in [-0.25, -0.2) is 0 Å². The second kappa shape index (κ2) is 4.45. The lowest BCUT2D eigenvalue weighted by Crippen LogP contribution is -2.49. The molecule has 2 unspecified atom stereocenters. The van der Waals surface area contributed by atoms with Crippen LogP contribution in [0.5, 0.6) is 0 Å². The van der Waals surface area contributed by atoms with Crippen LogP contribution in [0.3, 0.4) is 0 Å². The lowest BCUT2D eigenvalue weighted by Gasteiger charge is -2.26. The van der Waals surface area contributed by atoms with Gasteiger partial charge in [0.15, 0.2) is 0 Å². The molecule has 3 rings (SSSR count). The monoisotopic (exact) mass is 231 g/mol. The molecule has 1 saturated heterocycles. The molecule has 1 aromatic rings. The van der Waals surface area contributed by atoms with Gasteiger partial charge < -0.3 is 5.32 Å². The largest absolute Gasteiger partial charge is 0.355 e. The second-order valence-corrected chi connectivity index (χ2v) is 4.79. The molecule has 1 fully saturated rings. The molecule has 1 aromatic heterocycles. The molecule has 2 atom stereocenters.